The molecule has 1 rings (SSSR count). The van der Waals surface area contributed by atoms with E-state index in [1.54, 1.807) is 6.92 Å². The number of hydrogen-bond acceptors (Lipinski definition) is 5. The Morgan fingerprint density at radius 2 is 2.29 bits per heavy atom. The molecule has 0 aromatic carbocycles. The molecule has 0 amide bonds. The zero-order valence-electron chi connectivity index (χ0n) is 10.0. The minimum atomic E-state index is -0.635. The second kappa shape index (κ2) is 6.98. The highest BCUT2D eigenvalue weighted by atomic mass is 32.2. The summed E-state index contributed by atoms with van der Waals surface area (Å²) in [5.74, 6) is 0.897. The molecule has 0 aliphatic heterocycles. The Balaban J connectivity index is 2.71. The van der Waals surface area contributed by atoms with Crippen LogP contribution in [-0.2, 0) is 0 Å². The van der Waals surface area contributed by atoms with E-state index in [2.05, 4.69) is 6.92 Å². The van der Waals surface area contributed by atoms with E-state index < -0.39 is 6.10 Å². The van der Waals surface area contributed by atoms with Crippen LogP contribution in [0.1, 0.15) is 44.1 Å². The van der Waals surface area contributed by atoms with Gasteiger partial charge < -0.3 is 5.11 Å². The lowest BCUT2D eigenvalue weighted by molar-refractivity contribution is -0.387. The fraction of sp³-hybridized carbons (Fsp3) is 0.636. The molecule has 1 aromatic heterocycles. The molecule has 0 radical (unpaired) electrons. The first-order valence-corrected chi connectivity index (χ1v) is 7.45. The molecule has 4 nitrogen and oxygen atoms in total. The predicted molar refractivity (Wildman–Crippen MR) is 71.9 cm³/mol. The van der Waals surface area contributed by atoms with Gasteiger partial charge in [-0.05, 0) is 19.1 Å². The molecule has 0 fully saturated rings. The molecule has 0 bridgehead atoms. The van der Waals surface area contributed by atoms with Gasteiger partial charge in [0.1, 0.15) is 4.21 Å². The number of aliphatic hydroxyl groups excluding tert-OH is 1. The highest BCUT2D eigenvalue weighted by molar-refractivity contribution is 8.01. The molecule has 1 heterocycles. The average Bonchev–Trinajstić information content (AvgIpc) is 2.68. The zero-order chi connectivity index (χ0) is 12.8. The highest BCUT2D eigenvalue weighted by Gasteiger charge is 2.20. The minimum absolute atomic E-state index is 0.132. The Bertz CT molecular complexity index is 377. The summed E-state index contributed by atoms with van der Waals surface area (Å²) in [6.07, 6.45) is 2.73. The summed E-state index contributed by atoms with van der Waals surface area (Å²) < 4.78 is 0.710. The second-order valence-corrected chi connectivity index (χ2v) is 6.26. The van der Waals surface area contributed by atoms with Crippen molar-refractivity contribution in [2.75, 3.05) is 5.75 Å². The lowest BCUT2D eigenvalue weighted by Gasteiger charge is -1.98. The van der Waals surface area contributed by atoms with E-state index in [-0.39, 0.29) is 10.6 Å². The third kappa shape index (κ3) is 4.29. The van der Waals surface area contributed by atoms with E-state index >= 15 is 0 Å². The van der Waals surface area contributed by atoms with Crippen LogP contribution in [0.15, 0.2) is 10.3 Å². The Hall–Kier alpha value is -0.590. The van der Waals surface area contributed by atoms with E-state index in [4.69, 9.17) is 0 Å². The summed E-state index contributed by atoms with van der Waals surface area (Å²) in [5, 5.41) is 20.3. The Morgan fingerprint density at radius 1 is 1.59 bits per heavy atom. The van der Waals surface area contributed by atoms with E-state index in [0.717, 1.165) is 25.0 Å². The van der Waals surface area contributed by atoms with Crippen molar-refractivity contribution in [3.05, 3.63) is 21.1 Å². The molecule has 1 N–H and O–H groups in total. The Morgan fingerprint density at radius 3 is 2.82 bits per heavy atom. The SMILES string of the molecule is CCCCCSc1sc([C@H](C)O)cc1[N+](=O)[O-]. The van der Waals surface area contributed by atoms with Gasteiger partial charge in [-0.1, -0.05) is 19.8 Å². The van der Waals surface area contributed by atoms with Gasteiger partial charge in [-0.2, -0.15) is 0 Å². The van der Waals surface area contributed by atoms with Crippen molar-refractivity contribution in [1.82, 2.24) is 0 Å². The predicted octanol–water partition coefficient (Wildman–Crippen LogP) is 3.99. The van der Waals surface area contributed by atoms with Crippen molar-refractivity contribution < 1.29 is 10.0 Å². The molecule has 1 aromatic rings. The largest absolute Gasteiger partial charge is 0.388 e. The molecule has 0 aliphatic carbocycles. The normalized spacial score (nSPS) is 12.6. The summed E-state index contributed by atoms with van der Waals surface area (Å²) >= 11 is 2.84. The van der Waals surface area contributed by atoms with Gasteiger partial charge in [-0.15, -0.1) is 23.1 Å². The van der Waals surface area contributed by atoms with Gasteiger partial charge in [-0.25, -0.2) is 0 Å². The maximum absolute atomic E-state index is 10.9. The van der Waals surface area contributed by atoms with Crippen molar-refractivity contribution >= 4 is 28.8 Å². The fourth-order valence-corrected chi connectivity index (χ4v) is 3.72. The number of hydrogen-bond donors (Lipinski definition) is 1. The molecule has 0 saturated carbocycles. The molecule has 1 atom stereocenters. The van der Waals surface area contributed by atoms with Crippen molar-refractivity contribution in [2.45, 2.75) is 43.4 Å². The fourth-order valence-electron chi connectivity index (χ4n) is 1.34. The van der Waals surface area contributed by atoms with Gasteiger partial charge in [0.2, 0.25) is 0 Å². The molecule has 96 valence electrons. The molecular weight excluding hydrogens is 258 g/mol. The maximum atomic E-state index is 10.9. The van der Waals surface area contributed by atoms with Crippen LogP contribution >= 0.6 is 23.1 Å². The van der Waals surface area contributed by atoms with Crippen LogP contribution in [0.3, 0.4) is 0 Å². The standard InChI is InChI=1S/C11H17NO3S2/c1-3-4-5-6-16-11-9(12(14)15)7-10(17-11)8(2)13/h7-8,13H,3-6H2,1-2H3/t8-/m0/s1. The van der Waals surface area contributed by atoms with E-state index in [0.29, 0.717) is 9.09 Å². The van der Waals surface area contributed by atoms with Crippen LogP contribution in [0.25, 0.3) is 0 Å². The van der Waals surface area contributed by atoms with Gasteiger partial charge >= 0.3 is 0 Å². The first kappa shape index (κ1) is 14.5. The first-order valence-electron chi connectivity index (χ1n) is 5.65. The van der Waals surface area contributed by atoms with Crippen molar-refractivity contribution in [3.8, 4) is 0 Å². The molecule has 0 aliphatic rings. The monoisotopic (exact) mass is 275 g/mol. The lowest BCUT2D eigenvalue weighted by atomic mass is 10.3. The molecular formula is C11H17NO3S2. The van der Waals surface area contributed by atoms with Crippen LogP contribution in [0.5, 0.6) is 0 Å². The van der Waals surface area contributed by atoms with Gasteiger partial charge in [0.25, 0.3) is 5.69 Å². The Labute approximate surface area is 109 Å². The van der Waals surface area contributed by atoms with E-state index in [9.17, 15) is 15.2 Å². The summed E-state index contributed by atoms with van der Waals surface area (Å²) in [4.78, 5) is 11.2. The summed E-state index contributed by atoms with van der Waals surface area (Å²) in [6.45, 7) is 3.75. The maximum Gasteiger partial charge on any atom is 0.294 e. The number of thiophene rings is 1. The van der Waals surface area contributed by atoms with Crippen molar-refractivity contribution in [3.63, 3.8) is 0 Å². The van der Waals surface area contributed by atoms with Crippen LogP contribution in [-0.4, -0.2) is 15.8 Å². The number of nitrogens with zero attached hydrogens (tertiary/aromatic N) is 1. The van der Waals surface area contributed by atoms with E-state index in [1.165, 1.54) is 29.2 Å². The van der Waals surface area contributed by atoms with Gasteiger partial charge in [0.15, 0.2) is 0 Å². The topological polar surface area (TPSA) is 63.4 Å². The summed E-state index contributed by atoms with van der Waals surface area (Å²) in [6, 6.07) is 1.48. The van der Waals surface area contributed by atoms with Crippen LogP contribution in [0, 0.1) is 10.1 Å². The number of nitro groups is 1. The number of aliphatic hydroxyl groups is 1. The number of thioether (sulfide) groups is 1. The molecule has 17 heavy (non-hydrogen) atoms. The number of unbranched alkanes of at least 4 members (excludes halogenated alkanes) is 2. The minimum Gasteiger partial charge on any atom is -0.388 e. The third-order valence-electron chi connectivity index (χ3n) is 2.29. The molecule has 0 unspecified atom stereocenters. The molecule has 0 spiro atoms. The van der Waals surface area contributed by atoms with Gasteiger partial charge in [0, 0.05) is 10.9 Å². The van der Waals surface area contributed by atoms with Gasteiger partial charge in [-0.3, -0.25) is 10.1 Å². The lowest BCUT2D eigenvalue weighted by Crippen LogP contribution is -1.88. The van der Waals surface area contributed by atoms with Crippen molar-refractivity contribution in [2.24, 2.45) is 0 Å². The van der Waals surface area contributed by atoms with Crippen LogP contribution in [0.2, 0.25) is 0 Å². The number of rotatable bonds is 7. The zero-order valence-corrected chi connectivity index (χ0v) is 11.6. The van der Waals surface area contributed by atoms with Crippen LogP contribution < -0.4 is 0 Å². The molecule has 0 saturated heterocycles. The summed E-state index contributed by atoms with van der Waals surface area (Å²) in [7, 11) is 0. The van der Waals surface area contributed by atoms with Crippen molar-refractivity contribution in [1.29, 1.82) is 0 Å². The average molecular weight is 275 g/mol. The smallest absolute Gasteiger partial charge is 0.294 e. The first-order chi connectivity index (χ1) is 8.06. The molecule has 6 heteroatoms. The highest BCUT2D eigenvalue weighted by Crippen LogP contribution is 2.40. The summed E-state index contributed by atoms with van der Waals surface area (Å²) in [5.41, 5.74) is 0.132. The van der Waals surface area contributed by atoms with E-state index in [1.807, 2.05) is 0 Å². The third-order valence-corrected chi connectivity index (χ3v) is 4.95. The van der Waals surface area contributed by atoms with Gasteiger partial charge in [0.05, 0.1) is 11.0 Å². The second-order valence-electron chi connectivity index (χ2n) is 3.81. The quantitative estimate of drug-likeness (QED) is 0.354. The Kier molecular flexibility index (Phi) is 5.94. The van der Waals surface area contributed by atoms with Crippen LogP contribution in [0.4, 0.5) is 5.69 Å².